The number of halogens is 2. The molecule has 0 aromatic heterocycles. The van der Waals surface area contributed by atoms with Gasteiger partial charge in [0.25, 0.3) is 6.43 Å². The fraction of sp³-hybridized carbons (Fsp3) is 0.500. The molecule has 0 aliphatic rings. The molecule has 0 amide bonds. The Labute approximate surface area is 112 Å². The summed E-state index contributed by atoms with van der Waals surface area (Å²) in [7, 11) is 0.734. The minimum Gasteiger partial charge on any atom is -0.306 e. The number of sulfonamides is 1. The maximum atomic E-state index is 13.0. The summed E-state index contributed by atoms with van der Waals surface area (Å²) in [6.45, 7) is 1.37. The first-order valence-electron chi connectivity index (χ1n) is 5.66. The van der Waals surface area contributed by atoms with E-state index in [9.17, 15) is 17.2 Å². The number of nitrogens with zero attached hydrogens (tertiary/aromatic N) is 1. The van der Waals surface area contributed by atoms with Crippen molar-refractivity contribution in [3.05, 3.63) is 29.8 Å². The lowest BCUT2D eigenvalue weighted by Crippen LogP contribution is -2.43. The molecular weight excluding hydrogens is 274 g/mol. The van der Waals surface area contributed by atoms with E-state index in [-0.39, 0.29) is 4.90 Å². The standard InChI is InChI=1S/C12H18F2N2O2S/c1-12(15-2,11(13)14)9-5-7-10(8-6-9)19(17,18)16(3)4/h5-8,11,15H,1-4H3. The molecule has 0 fully saturated rings. The van der Waals surface area contributed by atoms with E-state index in [4.69, 9.17) is 0 Å². The van der Waals surface area contributed by atoms with Gasteiger partial charge in [-0.25, -0.2) is 21.5 Å². The number of benzene rings is 1. The first kappa shape index (κ1) is 16.0. The van der Waals surface area contributed by atoms with Crippen LogP contribution in [0.1, 0.15) is 12.5 Å². The highest BCUT2D eigenvalue weighted by Gasteiger charge is 2.35. The summed E-state index contributed by atoms with van der Waals surface area (Å²) in [5, 5.41) is 2.57. The lowest BCUT2D eigenvalue weighted by molar-refractivity contribution is 0.0431. The first-order chi connectivity index (χ1) is 8.66. The highest BCUT2D eigenvalue weighted by atomic mass is 32.2. The van der Waals surface area contributed by atoms with Crippen LogP contribution in [0.2, 0.25) is 0 Å². The van der Waals surface area contributed by atoms with Gasteiger partial charge in [0.1, 0.15) is 5.54 Å². The van der Waals surface area contributed by atoms with Crippen LogP contribution in [0, 0.1) is 0 Å². The fourth-order valence-electron chi connectivity index (χ4n) is 1.56. The summed E-state index contributed by atoms with van der Waals surface area (Å²) in [6, 6.07) is 5.48. The normalized spacial score (nSPS) is 15.8. The highest BCUT2D eigenvalue weighted by Crippen LogP contribution is 2.28. The van der Waals surface area contributed by atoms with E-state index in [1.807, 2.05) is 0 Å². The molecule has 0 aliphatic heterocycles. The molecule has 0 heterocycles. The van der Waals surface area contributed by atoms with E-state index >= 15 is 0 Å². The predicted molar refractivity (Wildman–Crippen MR) is 69.7 cm³/mol. The van der Waals surface area contributed by atoms with Crippen LogP contribution in [0.25, 0.3) is 0 Å². The Hall–Kier alpha value is -1.05. The second-order valence-electron chi connectivity index (χ2n) is 4.56. The van der Waals surface area contributed by atoms with Crippen LogP contribution >= 0.6 is 0 Å². The van der Waals surface area contributed by atoms with Crippen LogP contribution in [0.15, 0.2) is 29.2 Å². The van der Waals surface area contributed by atoms with Crippen LogP contribution in [-0.4, -0.2) is 40.3 Å². The minimum atomic E-state index is -3.54. The molecule has 1 unspecified atom stereocenters. The molecule has 7 heteroatoms. The molecule has 4 nitrogen and oxygen atoms in total. The topological polar surface area (TPSA) is 49.4 Å². The summed E-state index contributed by atoms with van der Waals surface area (Å²) in [5.74, 6) is 0. The van der Waals surface area contributed by atoms with Crippen molar-refractivity contribution in [3.63, 3.8) is 0 Å². The first-order valence-corrected chi connectivity index (χ1v) is 7.10. The Balaban J connectivity index is 3.20. The van der Waals surface area contributed by atoms with Crippen LogP contribution in [0.4, 0.5) is 8.78 Å². The molecule has 19 heavy (non-hydrogen) atoms. The average molecular weight is 292 g/mol. The maximum Gasteiger partial charge on any atom is 0.260 e. The fourth-order valence-corrected chi connectivity index (χ4v) is 2.47. The van der Waals surface area contributed by atoms with Crippen molar-refractivity contribution in [2.45, 2.75) is 23.8 Å². The van der Waals surface area contributed by atoms with Crippen LogP contribution in [-0.2, 0) is 15.6 Å². The summed E-state index contributed by atoms with van der Waals surface area (Å²) in [6.07, 6.45) is -2.60. The zero-order chi connectivity index (χ0) is 14.8. The van der Waals surface area contributed by atoms with Crippen molar-refractivity contribution in [2.75, 3.05) is 21.1 Å². The number of rotatable bonds is 5. The van der Waals surface area contributed by atoms with Gasteiger partial charge in [0.2, 0.25) is 10.0 Å². The molecule has 1 atom stereocenters. The summed E-state index contributed by atoms with van der Waals surface area (Å²) in [5.41, 5.74) is -1.16. The second kappa shape index (κ2) is 5.52. The molecule has 108 valence electrons. The van der Waals surface area contributed by atoms with Gasteiger partial charge in [-0.15, -0.1) is 0 Å². The Morgan fingerprint density at radius 1 is 1.21 bits per heavy atom. The van der Waals surface area contributed by atoms with Gasteiger partial charge >= 0.3 is 0 Å². The highest BCUT2D eigenvalue weighted by molar-refractivity contribution is 7.89. The molecule has 1 rings (SSSR count). The maximum absolute atomic E-state index is 13.0. The average Bonchev–Trinajstić information content (AvgIpc) is 2.37. The van der Waals surface area contributed by atoms with E-state index in [1.165, 1.54) is 52.3 Å². The third kappa shape index (κ3) is 2.93. The third-order valence-corrected chi connectivity index (χ3v) is 5.02. The smallest absolute Gasteiger partial charge is 0.260 e. The van der Waals surface area contributed by atoms with Crippen molar-refractivity contribution in [2.24, 2.45) is 0 Å². The molecule has 0 bridgehead atoms. The van der Waals surface area contributed by atoms with Crippen molar-refractivity contribution < 1.29 is 17.2 Å². The molecule has 0 radical (unpaired) electrons. The molecule has 0 saturated carbocycles. The largest absolute Gasteiger partial charge is 0.306 e. The monoisotopic (exact) mass is 292 g/mol. The molecule has 1 aromatic carbocycles. The van der Waals surface area contributed by atoms with Gasteiger partial charge in [0.05, 0.1) is 4.90 Å². The molecular formula is C12H18F2N2O2S. The molecule has 0 spiro atoms. The zero-order valence-electron chi connectivity index (χ0n) is 11.3. The van der Waals surface area contributed by atoms with E-state index in [2.05, 4.69) is 5.32 Å². The molecule has 1 aromatic rings. The van der Waals surface area contributed by atoms with Crippen molar-refractivity contribution in [3.8, 4) is 0 Å². The Morgan fingerprint density at radius 2 is 1.68 bits per heavy atom. The van der Waals surface area contributed by atoms with E-state index in [0.717, 1.165) is 4.31 Å². The zero-order valence-corrected chi connectivity index (χ0v) is 12.1. The minimum absolute atomic E-state index is 0.0777. The molecule has 0 saturated heterocycles. The summed E-state index contributed by atoms with van der Waals surface area (Å²) in [4.78, 5) is 0.0777. The van der Waals surface area contributed by atoms with Crippen molar-refractivity contribution >= 4 is 10.0 Å². The van der Waals surface area contributed by atoms with Crippen molar-refractivity contribution in [1.29, 1.82) is 0 Å². The Morgan fingerprint density at radius 3 is 2.00 bits per heavy atom. The number of alkyl halides is 2. The van der Waals surface area contributed by atoms with E-state index in [1.54, 1.807) is 0 Å². The third-order valence-electron chi connectivity index (χ3n) is 3.19. The van der Waals surface area contributed by atoms with Crippen molar-refractivity contribution in [1.82, 2.24) is 9.62 Å². The number of hydrogen-bond acceptors (Lipinski definition) is 3. The SMILES string of the molecule is CNC(C)(c1ccc(S(=O)(=O)N(C)C)cc1)C(F)F. The van der Waals surface area contributed by atoms with Gasteiger partial charge in [-0.05, 0) is 31.7 Å². The molecule has 1 N–H and O–H groups in total. The van der Waals surface area contributed by atoms with Gasteiger partial charge < -0.3 is 5.32 Å². The van der Waals surface area contributed by atoms with Gasteiger partial charge in [0.15, 0.2) is 0 Å². The van der Waals surface area contributed by atoms with Gasteiger partial charge in [-0.1, -0.05) is 12.1 Å². The predicted octanol–water partition coefficient (Wildman–Crippen LogP) is 1.64. The quantitative estimate of drug-likeness (QED) is 0.897. The van der Waals surface area contributed by atoms with Gasteiger partial charge in [-0.2, -0.15) is 0 Å². The molecule has 0 aliphatic carbocycles. The van der Waals surface area contributed by atoms with E-state index in [0.29, 0.717) is 5.56 Å². The lowest BCUT2D eigenvalue weighted by atomic mass is 9.93. The number of nitrogens with one attached hydrogen (secondary N) is 1. The van der Waals surface area contributed by atoms with Gasteiger partial charge in [-0.3, -0.25) is 0 Å². The van der Waals surface area contributed by atoms with Crippen LogP contribution in [0.3, 0.4) is 0 Å². The van der Waals surface area contributed by atoms with E-state index < -0.39 is 22.0 Å². The summed E-state index contributed by atoms with van der Waals surface area (Å²) >= 11 is 0. The van der Waals surface area contributed by atoms with Gasteiger partial charge in [0, 0.05) is 14.1 Å². The summed E-state index contributed by atoms with van der Waals surface area (Å²) < 4.78 is 50.9. The Kier molecular flexibility index (Phi) is 4.65. The number of hydrogen-bond donors (Lipinski definition) is 1. The second-order valence-corrected chi connectivity index (χ2v) is 6.72. The lowest BCUT2D eigenvalue weighted by Gasteiger charge is -2.29. The van der Waals surface area contributed by atoms with Crippen LogP contribution in [0.5, 0.6) is 0 Å². The van der Waals surface area contributed by atoms with Crippen LogP contribution < -0.4 is 5.32 Å². The Bertz CT molecular complexity index is 529.